The van der Waals surface area contributed by atoms with Gasteiger partial charge < -0.3 is 14.8 Å². The number of halogens is 1. The van der Waals surface area contributed by atoms with Crippen molar-refractivity contribution in [1.29, 1.82) is 0 Å². The van der Waals surface area contributed by atoms with Gasteiger partial charge in [-0.25, -0.2) is 4.98 Å². The molecule has 0 saturated heterocycles. The Labute approximate surface area is 122 Å². The molecule has 0 amide bonds. The lowest BCUT2D eigenvalue weighted by Gasteiger charge is -2.18. The van der Waals surface area contributed by atoms with Crippen LogP contribution in [0.4, 0.5) is 5.69 Å². The van der Waals surface area contributed by atoms with E-state index in [4.69, 9.17) is 21.1 Å². The van der Waals surface area contributed by atoms with Crippen LogP contribution < -0.4 is 14.8 Å². The van der Waals surface area contributed by atoms with Crippen molar-refractivity contribution in [1.82, 2.24) is 4.98 Å². The Balaban J connectivity index is 1.84. The van der Waals surface area contributed by atoms with Crippen LogP contribution in [0.25, 0.3) is 0 Å². The van der Waals surface area contributed by atoms with Gasteiger partial charge in [0.1, 0.15) is 0 Å². The number of aromatic nitrogens is 1. The Kier molecular flexibility index (Phi) is 3.40. The molecular weight excluding hydrogens is 276 g/mol. The van der Waals surface area contributed by atoms with E-state index >= 15 is 0 Å². The summed E-state index contributed by atoms with van der Waals surface area (Å²) in [4.78, 5) is 4.10. The first-order chi connectivity index (χ1) is 9.65. The van der Waals surface area contributed by atoms with Crippen molar-refractivity contribution in [2.45, 2.75) is 19.9 Å². The van der Waals surface area contributed by atoms with E-state index in [9.17, 15) is 0 Å². The summed E-state index contributed by atoms with van der Waals surface area (Å²) in [5.41, 5.74) is 3.03. The average molecular weight is 291 g/mol. The molecule has 5 heteroatoms. The first-order valence-corrected chi connectivity index (χ1v) is 6.80. The highest BCUT2D eigenvalue weighted by atomic mass is 35.5. The van der Waals surface area contributed by atoms with Gasteiger partial charge in [0, 0.05) is 12.2 Å². The molecule has 1 atom stereocenters. The molecule has 0 radical (unpaired) electrons. The molecule has 0 fully saturated rings. The molecule has 0 spiro atoms. The van der Waals surface area contributed by atoms with Gasteiger partial charge in [-0.05, 0) is 43.2 Å². The number of aryl methyl sites for hydroxylation is 1. The SMILES string of the molecule is Cc1ccnc(Cl)c1NC(C)c1ccc2c(c1)OCO2. The van der Waals surface area contributed by atoms with Gasteiger partial charge in [-0.3, -0.25) is 0 Å². The van der Waals surface area contributed by atoms with E-state index in [0.29, 0.717) is 5.15 Å². The number of benzene rings is 1. The van der Waals surface area contributed by atoms with Crippen LogP contribution >= 0.6 is 11.6 Å². The van der Waals surface area contributed by atoms with Crippen molar-refractivity contribution in [2.75, 3.05) is 12.1 Å². The molecule has 1 aromatic heterocycles. The highest BCUT2D eigenvalue weighted by Crippen LogP contribution is 2.35. The van der Waals surface area contributed by atoms with Gasteiger partial charge in [-0.15, -0.1) is 0 Å². The minimum Gasteiger partial charge on any atom is -0.454 e. The Morgan fingerprint density at radius 2 is 2.05 bits per heavy atom. The third-order valence-corrected chi connectivity index (χ3v) is 3.66. The molecule has 1 unspecified atom stereocenters. The maximum Gasteiger partial charge on any atom is 0.231 e. The zero-order valence-corrected chi connectivity index (χ0v) is 12.1. The van der Waals surface area contributed by atoms with Crippen molar-refractivity contribution < 1.29 is 9.47 Å². The van der Waals surface area contributed by atoms with Gasteiger partial charge in [0.25, 0.3) is 0 Å². The van der Waals surface area contributed by atoms with E-state index in [2.05, 4.69) is 17.2 Å². The molecular formula is C15H15ClN2O2. The van der Waals surface area contributed by atoms with Crippen molar-refractivity contribution in [3.63, 3.8) is 0 Å². The third-order valence-electron chi connectivity index (χ3n) is 3.37. The Morgan fingerprint density at radius 3 is 2.85 bits per heavy atom. The van der Waals surface area contributed by atoms with Crippen molar-refractivity contribution >= 4 is 17.3 Å². The third kappa shape index (κ3) is 2.39. The predicted octanol–water partition coefficient (Wildman–Crippen LogP) is 3.95. The molecule has 1 N–H and O–H groups in total. The molecule has 0 aliphatic carbocycles. The lowest BCUT2D eigenvalue weighted by Crippen LogP contribution is -2.08. The number of ether oxygens (including phenoxy) is 2. The normalized spacial score (nSPS) is 14.2. The summed E-state index contributed by atoms with van der Waals surface area (Å²) in [7, 11) is 0. The second-order valence-corrected chi connectivity index (χ2v) is 5.13. The molecule has 2 heterocycles. The maximum absolute atomic E-state index is 6.14. The van der Waals surface area contributed by atoms with Gasteiger partial charge in [-0.2, -0.15) is 0 Å². The second-order valence-electron chi connectivity index (χ2n) is 4.77. The first kappa shape index (κ1) is 13.1. The molecule has 0 bridgehead atoms. The number of fused-ring (bicyclic) bond motifs is 1. The molecule has 104 valence electrons. The van der Waals surface area contributed by atoms with Crippen LogP contribution in [0.1, 0.15) is 24.1 Å². The summed E-state index contributed by atoms with van der Waals surface area (Å²) in [6, 6.07) is 7.95. The lowest BCUT2D eigenvalue weighted by atomic mass is 10.1. The first-order valence-electron chi connectivity index (χ1n) is 6.42. The Bertz CT molecular complexity index is 626. The molecule has 0 saturated carbocycles. The van der Waals surface area contributed by atoms with Crippen molar-refractivity contribution in [3.05, 3.63) is 46.7 Å². The molecule has 20 heavy (non-hydrogen) atoms. The minimum atomic E-state index is 0.0879. The summed E-state index contributed by atoms with van der Waals surface area (Å²) >= 11 is 6.14. The standard InChI is InChI=1S/C15H15ClN2O2/c1-9-5-6-17-15(16)14(9)18-10(2)11-3-4-12-13(7-11)20-8-19-12/h3-7,10,18H,8H2,1-2H3. The fourth-order valence-corrected chi connectivity index (χ4v) is 2.44. The zero-order valence-electron chi connectivity index (χ0n) is 11.3. The number of hydrogen-bond donors (Lipinski definition) is 1. The van der Waals surface area contributed by atoms with Gasteiger partial charge in [-0.1, -0.05) is 17.7 Å². The summed E-state index contributed by atoms with van der Waals surface area (Å²) < 4.78 is 10.7. The van der Waals surface area contributed by atoms with Crippen LogP contribution in [0.3, 0.4) is 0 Å². The molecule has 2 aromatic rings. The highest BCUT2D eigenvalue weighted by molar-refractivity contribution is 6.32. The van der Waals surface area contributed by atoms with Gasteiger partial charge in [0.05, 0.1) is 5.69 Å². The molecule has 1 aliphatic rings. The van der Waals surface area contributed by atoms with Crippen molar-refractivity contribution in [3.8, 4) is 11.5 Å². The van der Waals surface area contributed by atoms with Crippen LogP contribution in [0, 0.1) is 6.92 Å². The fourth-order valence-electron chi connectivity index (χ4n) is 2.18. The number of pyridine rings is 1. The monoisotopic (exact) mass is 290 g/mol. The average Bonchev–Trinajstić information content (AvgIpc) is 2.90. The Morgan fingerprint density at radius 1 is 1.25 bits per heavy atom. The molecule has 1 aliphatic heterocycles. The number of nitrogens with zero attached hydrogens (tertiary/aromatic N) is 1. The van der Waals surface area contributed by atoms with E-state index in [-0.39, 0.29) is 12.8 Å². The van der Waals surface area contributed by atoms with Gasteiger partial charge >= 0.3 is 0 Å². The van der Waals surface area contributed by atoms with Gasteiger partial charge in [0.15, 0.2) is 16.7 Å². The summed E-state index contributed by atoms with van der Waals surface area (Å²) in [6.07, 6.45) is 1.70. The minimum absolute atomic E-state index is 0.0879. The summed E-state index contributed by atoms with van der Waals surface area (Å²) in [5, 5.41) is 3.88. The summed E-state index contributed by atoms with van der Waals surface area (Å²) in [5.74, 6) is 1.57. The lowest BCUT2D eigenvalue weighted by molar-refractivity contribution is 0.174. The van der Waals surface area contributed by atoms with Crippen molar-refractivity contribution in [2.24, 2.45) is 0 Å². The smallest absolute Gasteiger partial charge is 0.231 e. The van der Waals surface area contributed by atoms with Gasteiger partial charge in [0.2, 0.25) is 6.79 Å². The van der Waals surface area contributed by atoms with E-state index < -0.39 is 0 Å². The number of anilines is 1. The predicted molar refractivity (Wildman–Crippen MR) is 78.6 cm³/mol. The van der Waals surface area contributed by atoms with Crippen LogP contribution in [0.2, 0.25) is 5.15 Å². The zero-order chi connectivity index (χ0) is 14.1. The van der Waals surface area contributed by atoms with Crippen LogP contribution in [-0.4, -0.2) is 11.8 Å². The van der Waals surface area contributed by atoms with E-state index in [0.717, 1.165) is 28.3 Å². The highest BCUT2D eigenvalue weighted by Gasteiger charge is 2.16. The fraction of sp³-hybridized carbons (Fsp3) is 0.267. The van der Waals surface area contributed by atoms with Crippen LogP contribution in [-0.2, 0) is 0 Å². The van der Waals surface area contributed by atoms with Crippen LogP contribution in [0.15, 0.2) is 30.5 Å². The number of nitrogens with one attached hydrogen (secondary N) is 1. The molecule has 1 aromatic carbocycles. The molecule has 3 rings (SSSR count). The maximum atomic E-state index is 6.14. The topological polar surface area (TPSA) is 43.4 Å². The second kappa shape index (κ2) is 5.21. The summed E-state index contributed by atoms with van der Waals surface area (Å²) in [6.45, 7) is 4.36. The quantitative estimate of drug-likeness (QED) is 0.870. The number of hydrogen-bond acceptors (Lipinski definition) is 4. The Hall–Kier alpha value is -1.94. The largest absolute Gasteiger partial charge is 0.454 e. The number of rotatable bonds is 3. The molecule has 4 nitrogen and oxygen atoms in total. The van der Waals surface area contributed by atoms with E-state index in [1.807, 2.05) is 31.2 Å². The van der Waals surface area contributed by atoms with E-state index in [1.54, 1.807) is 6.20 Å². The van der Waals surface area contributed by atoms with E-state index in [1.165, 1.54) is 0 Å². The van der Waals surface area contributed by atoms with Crippen LogP contribution in [0.5, 0.6) is 11.5 Å².